The Labute approximate surface area is 87.8 Å². The molecule has 0 saturated heterocycles. The van der Waals surface area contributed by atoms with E-state index in [2.05, 4.69) is 32.3 Å². The standard InChI is InChI=1S/C10H19N.C2H4O/c1-8(2)9-4-6-10(11-3)7-5-9;1-2-3/h4,8,10-11H,5-7H2,1-3H3;2H,1H3. The highest BCUT2D eigenvalue weighted by molar-refractivity contribution is 5.44. The minimum atomic E-state index is 0.734. The number of carbonyl (C=O) groups excluding carboxylic acids is 1. The van der Waals surface area contributed by atoms with Gasteiger partial charge in [0.05, 0.1) is 0 Å². The van der Waals surface area contributed by atoms with E-state index < -0.39 is 0 Å². The van der Waals surface area contributed by atoms with Gasteiger partial charge in [0.2, 0.25) is 0 Å². The highest BCUT2D eigenvalue weighted by atomic mass is 16.1. The van der Waals surface area contributed by atoms with E-state index >= 15 is 0 Å². The Bertz CT molecular complexity index is 185. The Hall–Kier alpha value is -0.630. The number of hydrogen-bond acceptors (Lipinski definition) is 2. The second-order valence-electron chi connectivity index (χ2n) is 3.93. The van der Waals surface area contributed by atoms with Gasteiger partial charge in [0.25, 0.3) is 0 Å². The number of carbonyl (C=O) groups is 1. The van der Waals surface area contributed by atoms with Crippen LogP contribution in [0.4, 0.5) is 0 Å². The first-order chi connectivity index (χ1) is 6.65. The second kappa shape index (κ2) is 7.74. The third-order valence-corrected chi connectivity index (χ3v) is 2.60. The average Bonchev–Trinajstić information content (AvgIpc) is 2.19. The molecule has 0 aromatic heterocycles. The van der Waals surface area contributed by atoms with E-state index in [0.29, 0.717) is 0 Å². The number of nitrogens with one attached hydrogen (secondary N) is 1. The molecule has 1 aliphatic carbocycles. The quantitative estimate of drug-likeness (QED) is 0.544. The van der Waals surface area contributed by atoms with Crippen LogP contribution in [0.1, 0.15) is 40.0 Å². The summed E-state index contributed by atoms with van der Waals surface area (Å²) in [5.74, 6) is 0.757. The van der Waals surface area contributed by atoms with Gasteiger partial charge in [-0.05, 0) is 39.2 Å². The van der Waals surface area contributed by atoms with Crippen LogP contribution in [0.3, 0.4) is 0 Å². The Kier molecular flexibility index (Phi) is 7.40. The minimum absolute atomic E-state index is 0.734. The Morgan fingerprint density at radius 2 is 2.14 bits per heavy atom. The van der Waals surface area contributed by atoms with Gasteiger partial charge in [-0.2, -0.15) is 0 Å². The third kappa shape index (κ3) is 5.18. The van der Waals surface area contributed by atoms with Crippen LogP contribution < -0.4 is 5.32 Å². The van der Waals surface area contributed by atoms with E-state index in [-0.39, 0.29) is 0 Å². The zero-order valence-electron chi connectivity index (χ0n) is 9.84. The number of rotatable bonds is 2. The molecule has 0 saturated carbocycles. The number of aldehydes is 1. The third-order valence-electron chi connectivity index (χ3n) is 2.60. The van der Waals surface area contributed by atoms with Crippen molar-refractivity contribution >= 4 is 6.29 Å². The van der Waals surface area contributed by atoms with E-state index in [0.717, 1.165) is 18.2 Å². The number of allylic oxidation sites excluding steroid dienone is 1. The predicted molar refractivity (Wildman–Crippen MR) is 61.4 cm³/mol. The van der Waals surface area contributed by atoms with Crippen molar-refractivity contribution in [2.24, 2.45) is 5.92 Å². The molecule has 1 rings (SSSR count). The molecule has 0 fully saturated rings. The van der Waals surface area contributed by atoms with Gasteiger partial charge in [-0.15, -0.1) is 0 Å². The van der Waals surface area contributed by atoms with E-state index in [1.54, 1.807) is 5.57 Å². The zero-order valence-corrected chi connectivity index (χ0v) is 9.84. The molecule has 82 valence electrons. The smallest absolute Gasteiger partial charge is 0.116 e. The van der Waals surface area contributed by atoms with Crippen molar-refractivity contribution in [3.05, 3.63) is 11.6 Å². The molecule has 0 radical (unpaired) electrons. The fraction of sp³-hybridized carbons (Fsp3) is 0.750. The van der Waals surface area contributed by atoms with Gasteiger partial charge < -0.3 is 10.1 Å². The van der Waals surface area contributed by atoms with E-state index in [9.17, 15) is 0 Å². The Morgan fingerprint density at radius 1 is 1.57 bits per heavy atom. The molecule has 0 spiro atoms. The monoisotopic (exact) mass is 197 g/mol. The highest BCUT2D eigenvalue weighted by Gasteiger charge is 2.13. The molecule has 0 aliphatic heterocycles. The molecule has 1 N–H and O–H groups in total. The molecule has 2 heteroatoms. The van der Waals surface area contributed by atoms with E-state index in [1.807, 2.05) is 0 Å². The van der Waals surface area contributed by atoms with Gasteiger partial charge in [0.1, 0.15) is 6.29 Å². The molecule has 0 aromatic rings. The summed E-state index contributed by atoms with van der Waals surface area (Å²) >= 11 is 0. The summed E-state index contributed by atoms with van der Waals surface area (Å²) in [7, 11) is 2.05. The maximum absolute atomic E-state index is 8.81. The maximum Gasteiger partial charge on any atom is 0.116 e. The van der Waals surface area contributed by atoms with Crippen LogP contribution in [-0.4, -0.2) is 19.4 Å². The van der Waals surface area contributed by atoms with Gasteiger partial charge >= 0.3 is 0 Å². The molecule has 0 bridgehead atoms. The van der Waals surface area contributed by atoms with Crippen LogP contribution in [0.15, 0.2) is 11.6 Å². The van der Waals surface area contributed by atoms with Crippen LogP contribution in [0, 0.1) is 5.92 Å². The Balaban J connectivity index is 0.000000500. The molecule has 1 aliphatic rings. The lowest BCUT2D eigenvalue weighted by atomic mass is 9.89. The first-order valence-corrected chi connectivity index (χ1v) is 5.41. The van der Waals surface area contributed by atoms with Crippen molar-refractivity contribution in [3.8, 4) is 0 Å². The van der Waals surface area contributed by atoms with E-state index in [1.165, 1.54) is 26.2 Å². The molecule has 0 amide bonds. The topological polar surface area (TPSA) is 29.1 Å². The first-order valence-electron chi connectivity index (χ1n) is 5.41. The molecular formula is C12H23NO. The summed E-state index contributed by atoms with van der Waals surface area (Å²) in [5.41, 5.74) is 1.65. The summed E-state index contributed by atoms with van der Waals surface area (Å²) in [6.45, 7) is 6.01. The summed E-state index contributed by atoms with van der Waals surface area (Å²) in [6, 6.07) is 0.734. The molecule has 0 heterocycles. The minimum Gasteiger partial charge on any atom is -0.317 e. The summed E-state index contributed by atoms with van der Waals surface area (Å²) in [5, 5.41) is 3.32. The second-order valence-corrected chi connectivity index (χ2v) is 3.93. The van der Waals surface area contributed by atoms with Crippen LogP contribution >= 0.6 is 0 Å². The first kappa shape index (κ1) is 13.4. The van der Waals surface area contributed by atoms with Crippen molar-refractivity contribution < 1.29 is 4.79 Å². The molecule has 0 aromatic carbocycles. The lowest BCUT2D eigenvalue weighted by molar-refractivity contribution is -0.106. The Morgan fingerprint density at radius 3 is 2.43 bits per heavy atom. The van der Waals surface area contributed by atoms with Crippen LogP contribution in [0.25, 0.3) is 0 Å². The van der Waals surface area contributed by atoms with Gasteiger partial charge in [0.15, 0.2) is 0 Å². The SMILES string of the molecule is CC=O.CNC1CC=C(C(C)C)CC1. The molecule has 1 unspecified atom stereocenters. The van der Waals surface area contributed by atoms with Crippen LogP contribution in [0.2, 0.25) is 0 Å². The molecule has 1 atom stereocenters. The van der Waals surface area contributed by atoms with Gasteiger partial charge in [-0.1, -0.05) is 25.5 Å². The van der Waals surface area contributed by atoms with Gasteiger partial charge in [0, 0.05) is 6.04 Å². The van der Waals surface area contributed by atoms with Gasteiger partial charge in [-0.25, -0.2) is 0 Å². The predicted octanol–water partition coefficient (Wildman–Crippen LogP) is 2.55. The molecular weight excluding hydrogens is 174 g/mol. The lowest BCUT2D eigenvalue weighted by Gasteiger charge is -2.23. The average molecular weight is 197 g/mol. The summed E-state index contributed by atoms with van der Waals surface area (Å²) < 4.78 is 0. The summed E-state index contributed by atoms with van der Waals surface area (Å²) in [4.78, 5) is 8.81. The maximum atomic E-state index is 8.81. The van der Waals surface area contributed by atoms with Crippen molar-refractivity contribution in [3.63, 3.8) is 0 Å². The summed E-state index contributed by atoms with van der Waals surface area (Å²) in [6.07, 6.45) is 7.00. The molecule has 2 nitrogen and oxygen atoms in total. The largest absolute Gasteiger partial charge is 0.317 e. The molecule has 14 heavy (non-hydrogen) atoms. The highest BCUT2D eigenvalue weighted by Crippen LogP contribution is 2.23. The fourth-order valence-corrected chi connectivity index (χ4v) is 1.64. The van der Waals surface area contributed by atoms with Crippen LogP contribution in [-0.2, 0) is 4.79 Å². The van der Waals surface area contributed by atoms with Crippen molar-refractivity contribution in [1.82, 2.24) is 5.32 Å². The number of hydrogen-bond donors (Lipinski definition) is 1. The van der Waals surface area contributed by atoms with Crippen molar-refractivity contribution in [1.29, 1.82) is 0 Å². The zero-order chi connectivity index (χ0) is 11.0. The van der Waals surface area contributed by atoms with Crippen molar-refractivity contribution in [2.45, 2.75) is 46.1 Å². The van der Waals surface area contributed by atoms with Gasteiger partial charge in [-0.3, -0.25) is 0 Å². The fourth-order valence-electron chi connectivity index (χ4n) is 1.64. The van der Waals surface area contributed by atoms with E-state index in [4.69, 9.17) is 4.79 Å². The normalized spacial score (nSPS) is 20.9. The van der Waals surface area contributed by atoms with Crippen LogP contribution in [0.5, 0.6) is 0 Å². The lowest BCUT2D eigenvalue weighted by Crippen LogP contribution is -2.27. The van der Waals surface area contributed by atoms with Crippen molar-refractivity contribution in [2.75, 3.05) is 7.05 Å².